The molecule has 136 valence electrons. The zero-order chi connectivity index (χ0) is 16.9. The zero-order valence-electron chi connectivity index (χ0n) is 15.2. The van der Waals surface area contributed by atoms with E-state index < -0.39 is 0 Å². The maximum absolute atomic E-state index is 4.75. The average Bonchev–Trinajstić information content (AvgIpc) is 3.35. The van der Waals surface area contributed by atoms with Crippen LogP contribution in [0.1, 0.15) is 42.3 Å². The number of rotatable bonds is 6. The summed E-state index contributed by atoms with van der Waals surface area (Å²) in [6, 6.07) is 11.1. The lowest BCUT2D eigenvalue weighted by Gasteiger charge is -2.10. The molecule has 0 bridgehead atoms. The lowest BCUT2D eigenvalue weighted by atomic mass is 10.2. The van der Waals surface area contributed by atoms with Crippen molar-refractivity contribution in [3.05, 3.63) is 52.8 Å². The van der Waals surface area contributed by atoms with E-state index in [4.69, 9.17) is 10.1 Å². The summed E-state index contributed by atoms with van der Waals surface area (Å²) >= 11 is 0. The fraction of sp³-hybridized carbons (Fsp3) is 0.474. The smallest absolute Gasteiger partial charge is 0.191 e. The van der Waals surface area contributed by atoms with Crippen molar-refractivity contribution in [2.45, 2.75) is 52.7 Å². The summed E-state index contributed by atoms with van der Waals surface area (Å²) in [5.74, 6) is 0.912. The first-order valence-electron chi connectivity index (χ1n) is 8.79. The average molecular weight is 453 g/mol. The van der Waals surface area contributed by atoms with Gasteiger partial charge in [-0.2, -0.15) is 5.10 Å². The fourth-order valence-corrected chi connectivity index (χ4v) is 2.77. The Morgan fingerprint density at radius 1 is 1.24 bits per heavy atom. The van der Waals surface area contributed by atoms with Crippen LogP contribution in [-0.4, -0.2) is 28.3 Å². The van der Waals surface area contributed by atoms with Crippen LogP contribution in [0, 0.1) is 13.8 Å². The molecule has 3 rings (SSSR count). The summed E-state index contributed by atoms with van der Waals surface area (Å²) in [5, 5.41) is 11.5. The Kier molecular flexibility index (Phi) is 7.28. The first-order valence-corrected chi connectivity index (χ1v) is 8.79. The molecule has 25 heavy (non-hydrogen) atoms. The molecular weight excluding hydrogens is 425 g/mol. The van der Waals surface area contributed by atoms with Gasteiger partial charge in [-0.15, -0.1) is 24.0 Å². The predicted octanol–water partition coefficient (Wildman–Crippen LogP) is 3.38. The summed E-state index contributed by atoms with van der Waals surface area (Å²) < 4.78 is 2.08. The number of aliphatic imine (C=N–C) groups is 1. The summed E-state index contributed by atoms with van der Waals surface area (Å²) in [4.78, 5) is 4.75. The van der Waals surface area contributed by atoms with Crippen LogP contribution < -0.4 is 10.6 Å². The second kappa shape index (κ2) is 9.22. The molecule has 0 spiro atoms. The molecule has 1 aliphatic carbocycles. The van der Waals surface area contributed by atoms with Gasteiger partial charge in [-0.05, 0) is 39.2 Å². The number of guanidine groups is 1. The Labute approximate surface area is 167 Å². The van der Waals surface area contributed by atoms with Crippen LogP contribution in [0.4, 0.5) is 0 Å². The number of benzene rings is 1. The van der Waals surface area contributed by atoms with Crippen molar-refractivity contribution in [1.82, 2.24) is 20.4 Å². The van der Waals surface area contributed by atoms with Crippen LogP contribution in [-0.2, 0) is 13.1 Å². The fourth-order valence-electron chi connectivity index (χ4n) is 2.77. The number of aromatic nitrogens is 2. The first-order chi connectivity index (χ1) is 11.7. The van der Waals surface area contributed by atoms with E-state index in [0.29, 0.717) is 12.6 Å². The molecule has 1 aromatic heterocycles. The number of hydrogen-bond acceptors (Lipinski definition) is 2. The van der Waals surface area contributed by atoms with Gasteiger partial charge >= 0.3 is 0 Å². The number of aryl methyl sites for hydroxylation is 1. The zero-order valence-corrected chi connectivity index (χ0v) is 17.6. The van der Waals surface area contributed by atoms with Crippen molar-refractivity contribution in [2.75, 3.05) is 6.54 Å². The molecule has 1 fully saturated rings. The van der Waals surface area contributed by atoms with Crippen LogP contribution in [0.15, 0.2) is 35.3 Å². The molecule has 1 saturated carbocycles. The molecule has 5 nitrogen and oxygen atoms in total. The van der Waals surface area contributed by atoms with Gasteiger partial charge in [0.25, 0.3) is 0 Å². The van der Waals surface area contributed by atoms with Gasteiger partial charge in [-0.25, -0.2) is 4.99 Å². The van der Waals surface area contributed by atoms with Crippen LogP contribution >= 0.6 is 24.0 Å². The maximum Gasteiger partial charge on any atom is 0.191 e. The van der Waals surface area contributed by atoms with E-state index in [2.05, 4.69) is 60.4 Å². The normalized spacial score (nSPS) is 14.1. The summed E-state index contributed by atoms with van der Waals surface area (Å²) in [7, 11) is 0. The number of halogens is 1. The largest absolute Gasteiger partial charge is 0.357 e. The third-order valence-electron chi connectivity index (χ3n) is 4.36. The number of nitrogens with one attached hydrogen (secondary N) is 2. The minimum atomic E-state index is 0. The van der Waals surface area contributed by atoms with E-state index in [1.165, 1.54) is 29.7 Å². The first kappa shape index (κ1) is 19.8. The molecule has 1 heterocycles. The standard InChI is InChI=1S/C19H27N5.HI/c1-4-20-19(22-17-10-11-17)21-12-18-14(2)23-24(15(18)3)13-16-8-6-5-7-9-16;/h5-9,17H,4,10-13H2,1-3H3,(H2,20,21,22);1H. The Morgan fingerprint density at radius 3 is 2.60 bits per heavy atom. The second-order valence-electron chi connectivity index (χ2n) is 6.41. The van der Waals surface area contributed by atoms with Gasteiger partial charge in [0.05, 0.1) is 18.8 Å². The van der Waals surface area contributed by atoms with Gasteiger partial charge < -0.3 is 10.6 Å². The number of nitrogens with zero attached hydrogens (tertiary/aromatic N) is 3. The molecule has 6 heteroatoms. The van der Waals surface area contributed by atoms with Gasteiger partial charge in [-0.3, -0.25) is 4.68 Å². The van der Waals surface area contributed by atoms with Crippen molar-refractivity contribution in [2.24, 2.45) is 4.99 Å². The van der Waals surface area contributed by atoms with Gasteiger partial charge in [0.1, 0.15) is 0 Å². The second-order valence-corrected chi connectivity index (χ2v) is 6.41. The van der Waals surface area contributed by atoms with Crippen LogP contribution in [0.5, 0.6) is 0 Å². The molecule has 0 atom stereocenters. The summed E-state index contributed by atoms with van der Waals surface area (Å²) in [6.07, 6.45) is 2.49. The summed E-state index contributed by atoms with van der Waals surface area (Å²) in [5.41, 5.74) is 4.75. The third kappa shape index (κ3) is 5.45. The quantitative estimate of drug-likeness (QED) is 0.401. The predicted molar refractivity (Wildman–Crippen MR) is 114 cm³/mol. The van der Waals surface area contributed by atoms with Crippen LogP contribution in [0.3, 0.4) is 0 Å². The molecular formula is C19H28IN5. The van der Waals surface area contributed by atoms with Crippen LogP contribution in [0.25, 0.3) is 0 Å². The Balaban J connectivity index is 0.00000225. The van der Waals surface area contributed by atoms with E-state index in [1.807, 2.05) is 6.07 Å². The highest BCUT2D eigenvalue weighted by Gasteiger charge is 2.22. The third-order valence-corrected chi connectivity index (χ3v) is 4.36. The van der Waals surface area contributed by atoms with E-state index in [9.17, 15) is 0 Å². The monoisotopic (exact) mass is 453 g/mol. The SMILES string of the molecule is CCNC(=NCc1c(C)nn(Cc2ccccc2)c1C)NC1CC1.I. The van der Waals surface area contributed by atoms with E-state index >= 15 is 0 Å². The minimum Gasteiger partial charge on any atom is -0.357 e. The molecule has 1 aliphatic rings. The molecule has 0 amide bonds. The van der Waals surface area contributed by atoms with Crippen molar-refractivity contribution in [3.63, 3.8) is 0 Å². The Bertz CT molecular complexity index is 704. The molecule has 0 unspecified atom stereocenters. The highest BCUT2D eigenvalue weighted by atomic mass is 127. The molecule has 1 aromatic carbocycles. The molecule has 0 radical (unpaired) electrons. The maximum atomic E-state index is 4.75. The topological polar surface area (TPSA) is 54.2 Å². The van der Waals surface area contributed by atoms with E-state index in [0.717, 1.165) is 24.7 Å². The Hall–Kier alpha value is -1.57. The van der Waals surface area contributed by atoms with Gasteiger partial charge in [0, 0.05) is 23.8 Å². The minimum absolute atomic E-state index is 0. The highest BCUT2D eigenvalue weighted by molar-refractivity contribution is 14.0. The molecule has 0 aliphatic heterocycles. The van der Waals surface area contributed by atoms with Crippen molar-refractivity contribution < 1.29 is 0 Å². The molecule has 2 aromatic rings. The lowest BCUT2D eigenvalue weighted by molar-refractivity contribution is 0.658. The van der Waals surface area contributed by atoms with Crippen LogP contribution in [0.2, 0.25) is 0 Å². The molecule has 0 saturated heterocycles. The van der Waals surface area contributed by atoms with Gasteiger partial charge in [-0.1, -0.05) is 30.3 Å². The number of hydrogen-bond donors (Lipinski definition) is 2. The van der Waals surface area contributed by atoms with Gasteiger partial charge in [0.15, 0.2) is 5.96 Å². The van der Waals surface area contributed by atoms with E-state index in [-0.39, 0.29) is 24.0 Å². The molecule has 2 N–H and O–H groups in total. The lowest BCUT2D eigenvalue weighted by Crippen LogP contribution is -2.38. The van der Waals surface area contributed by atoms with Crippen molar-refractivity contribution >= 4 is 29.9 Å². The highest BCUT2D eigenvalue weighted by Crippen LogP contribution is 2.19. The van der Waals surface area contributed by atoms with Gasteiger partial charge in [0.2, 0.25) is 0 Å². The van der Waals surface area contributed by atoms with Crippen molar-refractivity contribution in [1.29, 1.82) is 0 Å². The Morgan fingerprint density at radius 2 is 1.96 bits per heavy atom. The van der Waals surface area contributed by atoms with Crippen molar-refractivity contribution in [3.8, 4) is 0 Å². The summed E-state index contributed by atoms with van der Waals surface area (Å²) in [6.45, 7) is 8.64. The van der Waals surface area contributed by atoms with E-state index in [1.54, 1.807) is 0 Å².